The average Bonchev–Trinajstić information content (AvgIpc) is 2.55. The molecule has 6 heteroatoms. The normalized spacial score (nSPS) is 18.0. The Bertz CT molecular complexity index is 535. The second-order valence-corrected chi connectivity index (χ2v) is 6.89. The summed E-state index contributed by atoms with van der Waals surface area (Å²) in [5, 5.41) is 8.82. The molecule has 2 rings (SSSR count). The lowest BCUT2D eigenvalue weighted by molar-refractivity contribution is -0.140. The Labute approximate surface area is 140 Å². The monoisotopic (exact) mass is 339 g/mol. The number of hydrogen-bond donors (Lipinski definition) is 1. The number of likely N-dealkylation sites (tertiary alicyclic amines) is 1. The highest BCUT2D eigenvalue weighted by atomic mass is 32.2. The largest absolute Gasteiger partial charge is 0.481 e. The van der Waals surface area contributed by atoms with E-state index in [0.29, 0.717) is 18.6 Å². The van der Waals surface area contributed by atoms with Gasteiger partial charge in [0.05, 0.1) is 0 Å². The Morgan fingerprint density at radius 2 is 1.96 bits per heavy atom. The number of hydrogen-bond acceptors (Lipinski definition) is 3. The molecule has 1 N–H and O–H groups in total. The van der Waals surface area contributed by atoms with Gasteiger partial charge in [-0.1, -0.05) is 0 Å². The van der Waals surface area contributed by atoms with Crippen LogP contribution in [0.15, 0.2) is 29.2 Å². The summed E-state index contributed by atoms with van der Waals surface area (Å²) in [6.07, 6.45) is 4.00. The zero-order chi connectivity index (χ0) is 16.7. The molecule has 0 saturated carbocycles. The van der Waals surface area contributed by atoms with Crippen LogP contribution in [0.4, 0.5) is 4.39 Å². The van der Waals surface area contributed by atoms with Crippen LogP contribution in [0, 0.1) is 5.82 Å². The van der Waals surface area contributed by atoms with E-state index in [1.165, 1.54) is 23.9 Å². The van der Waals surface area contributed by atoms with Crippen molar-refractivity contribution in [3.63, 3.8) is 0 Å². The number of halogens is 1. The summed E-state index contributed by atoms with van der Waals surface area (Å²) in [5.41, 5.74) is 0. The fourth-order valence-electron chi connectivity index (χ4n) is 2.85. The topological polar surface area (TPSA) is 57.6 Å². The quantitative estimate of drug-likeness (QED) is 0.772. The Kier molecular flexibility index (Phi) is 6.89. The number of benzene rings is 1. The minimum atomic E-state index is -0.810. The molecule has 1 aliphatic heterocycles. The molecule has 1 atom stereocenters. The molecule has 0 radical (unpaired) electrons. The molecule has 23 heavy (non-hydrogen) atoms. The van der Waals surface area contributed by atoms with E-state index in [-0.39, 0.29) is 24.2 Å². The number of aliphatic carboxylic acids is 1. The van der Waals surface area contributed by atoms with E-state index in [4.69, 9.17) is 5.11 Å². The lowest BCUT2D eigenvalue weighted by Gasteiger charge is -2.35. The fraction of sp³-hybridized carbons (Fsp3) is 0.529. The van der Waals surface area contributed by atoms with Crippen molar-refractivity contribution in [1.29, 1.82) is 0 Å². The van der Waals surface area contributed by atoms with Crippen molar-refractivity contribution in [2.75, 3.05) is 12.3 Å². The van der Waals surface area contributed by atoms with Gasteiger partial charge in [0.25, 0.3) is 0 Å². The number of carbonyl (C=O) groups excluding carboxylic acids is 1. The SMILES string of the molecule is O=C(O)CCC1CCCCN1C(=O)CCSc1ccc(F)cc1. The predicted octanol–water partition coefficient (Wildman–Crippen LogP) is 3.55. The number of piperidine rings is 1. The molecule has 126 valence electrons. The van der Waals surface area contributed by atoms with Gasteiger partial charge < -0.3 is 10.0 Å². The minimum Gasteiger partial charge on any atom is -0.481 e. The van der Waals surface area contributed by atoms with Gasteiger partial charge in [0.1, 0.15) is 5.82 Å². The third kappa shape index (κ3) is 5.86. The molecule has 1 unspecified atom stereocenters. The standard InChI is InChI=1S/C17H22FNO3S/c18-13-4-7-15(8-5-13)23-12-10-16(20)19-11-2-1-3-14(19)6-9-17(21)22/h4-5,7-8,14H,1-3,6,9-12H2,(H,21,22). The third-order valence-electron chi connectivity index (χ3n) is 4.04. The summed E-state index contributed by atoms with van der Waals surface area (Å²) in [7, 11) is 0. The van der Waals surface area contributed by atoms with Gasteiger partial charge in [-0.05, 0) is 49.9 Å². The van der Waals surface area contributed by atoms with E-state index in [1.54, 1.807) is 12.1 Å². The lowest BCUT2D eigenvalue weighted by Crippen LogP contribution is -2.44. The maximum absolute atomic E-state index is 12.8. The molecule has 1 fully saturated rings. The van der Waals surface area contributed by atoms with Crippen molar-refractivity contribution in [3.05, 3.63) is 30.1 Å². The zero-order valence-corrected chi connectivity index (χ0v) is 13.9. The van der Waals surface area contributed by atoms with Crippen LogP contribution in [0.3, 0.4) is 0 Å². The van der Waals surface area contributed by atoms with Crippen LogP contribution >= 0.6 is 11.8 Å². The van der Waals surface area contributed by atoms with Crippen LogP contribution in [-0.4, -0.2) is 40.2 Å². The van der Waals surface area contributed by atoms with Gasteiger partial charge in [-0.25, -0.2) is 4.39 Å². The van der Waals surface area contributed by atoms with Gasteiger partial charge in [0, 0.05) is 36.1 Å². The van der Waals surface area contributed by atoms with Gasteiger partial charge in [-0.15, -0.1) is 11.8 Å². The van der Waals surface area contributed by atoms with E-state index in [0.717, 1.165) is 30.7 Å². The molecule has 0 bridgehead atoms. The van der Waals surface area contributed by atoms with Crippen molar-refractivity contribution in [2.24, 2.45) is 0 Å². The number of amides is 1. The number of carboxylic acid groups (broad SMARTS) is 1. The van der Waals surface area contributed by atoms with E-state index < -0.39 is 5.97 Å². The summed E-state index contributed by atoms with van der Waals surface area (Å²) in [6, 6.07) is 6.30. The molecule has 0 aliphatic carbocycles. The summed E-state index contributed by atoms with van der Waals surface area (Å²) < 4.78 is 12.8. The summed E-state index contributed by atoms with van der Waals surface area (Å²) >= 11 is 1.53. The number of thioether (sulfide) groups is 1. The van der Waals surface area contributed by atoms with Gasteiger partial charge in [0.15, 0.2) is 0 Å². The maximum atomic E-state index is 12.8. The molecule has 1 amide bonds. The summed E-state index contributed by atoms with van der Waals surface area (Å²) in [5.74, 6) is -0.336. The average molecular weight is 339 g/mol. The molecule has 1 saturated heterocycles. The van der Waals surface area contributed by atoms with Crippen molar-refractivity contribution in [1.82, 2.24) is 4.90 Å². The van der Waals surface area contributed by atoms with Crippen LogP contribution in [-0.2, 0) is 9.59 Å². The van der Waals surface area contributed by atoms with Crippen LogP contribution in [0.5, 0.6) is 0 Å². The molecule has 1 aromatic rings. The van der Waals surface area contributed by atoms with Crippen LogP contribution in [0.25, 0.3) is 0 Å². The first-order chi connectivity index (χ1) is 11.1. The first kappa shape index (κ1) is 17.8. The van der Waals surface area contributed by atoms with E-state index in [1.807, 2.05) is 4.90 Å². The molecular formula is C17H22FNO3S. The fourth-order valence-corrected chi connectivity index (χ4v) is 3.69. The van der Waals surface area contributed by atoms with Crippen LogP contribution in [0.2, 0.25) is 0 Å². The van der Waals surface area contributed by atoms with Crippen molar-refractivity contribution >= 4 is 23.6 Å². The van der Waals surface area contributed by atoms with Crippen LogP contribution in [0.1, 0.15) is 38.5 Å². The number of rotatable bonds is 7. The lowest BCUT2D eigenvalue weighted by atomic mass is 9.97. The molecule has 0 spiro atoms. The van der Waals surface area contributed by atoms with Crippen molar-refractivity contribution < 1.29 is 19.1 Å². The molecule has 1 aromatic carbocycles. The number of carboxylic acids is 1. The maximum Gasteiger partial charge on any atom is 0.303 e. The van der Waals surface area contributed by atoms with Crippen LogP contribution < -0.4 is 0 Å². The first-order valence-electron chi connectivity index (χ1n) is 7.96. The minimum absolute atomic E-state index is 0.0585. The summed E-state index contributed by atoms with van der Waals surface area (Å²) in [4.78, 5) is 25.9. The number of nitrogens with zero attached hydrogens (tertiary/aromatic N) is 1. The molecule has 4 nitrogen and oxygen atoms in total. The Morgan fingerprint density at radius 1 is 1.22 bits per heavy atom. The highest BCUT2D eigenvalue weighted by molar-refractivity contribution is 7.99. The second-order valence-electron chi connectivity index (χ2n) is 5.72. The smallest absolute Gasteiger partial charge is 0.303 e. The zero-order valence-electron chi connectivity index (χ0n) is 13.0. The summed E-state index contributed by atoms with van der Waals surface area (Å²) in [6.45, 7) is 0.727. The molecular weight excluding hydrogens is 317 g/mol. The Balaban J connectivity index is 1.80. The second kappa shape index (κ2) is 8.91. The predicted molar refractivity (Wildman–Crippen MR) is 88.0 cm³/mol. The highest BCUT2D eigenvalue weighted by Gasteiger charge is 2.26. The Morgan fingerprint density at radius 3 is 2.65 bits per heavy atom. The van der Waals surface area contributed by atoms with Crippen molar-refractivity contribution in [3.8, 4) is 0 Å². The first-order valence-corrected chi connectivity index (χ1v) is 8.94. The molecule has 1 heterocycles. The van der Waals surface area contributed by atoms with Gasteiger partial charge in [0.2, 0.25) is 5.91 Å². The van der Waals surface area contributed by atoms with E-state index >= 15 is 0 Å². The van der Waals surface area contributed by atoms with Gasteiger partial charge >= 0.3 is 5.97 Å². The molecule has 0 aromatic heterocycles. The third-order valence-corrected chi connectivity index (χ3v) is 5.05. The Hall–Kier alpha value is -1.56. The number of carbonyl (C=O) groups is 2. The van der Waals surface area contributed by atoms with Gasteiger partial charge in [-0.2, -0.15) is 0 Å². The van der Waals surface area contributed by atoms with Gasteiger partial charge in [-0.3, -0.25) is 9.59 Å². The highest BCUT2D eigenvalue weighted by Crippen LogP contribution is 2.24. The van der Waals surface area contributed by atoms with E-state index in [9.17, 15) is 14.0 Å². The van der Waals surface area contributed by atoms with Crippen molar-refractivity contribution in [2.45, 2.75) is 49.5 Å². The van der Waals surface area contributed by atoms with E-state index in [2.05, 4.69) is 0 Å². The molecule has 1 aliphatic rings.